The van der Waals surface area contributed by atoms with Crippen LogP contribution in [0.15, 0.2) is 45.8 Å². The minimum absolute atomic E-state index is 0.0564. The lowest BCUT2D eigenvalue weighted by molar-refractivity contribution is 0.477. The van der Waals surface area contributed by atoms with E-state index in [9.17, 15) is 13.5 Å². The Kier molecular flexibility index (Phi) is 4.21. The number of aryl methyl sites for hydroxylation is 1. The molecule has 0 unspecified atom stereocenters. The number of hydrogen-bond donors (Lipinski definition) is 2. The van der Waals surface area contributed by atoms with Crippen molar-refractivity contribution in [3.05, 3.63) is 52.0 Å². The number of nitrogens with one attached hydrogen (secondary N) is 1. The van der Waals surface area contributed by atoms with E-state index in [1.807, 2.05) is 6.07 Å². The molecule has 5 nitrogen and oxygen atoms in total. The first-order valence-corrected chi connectivity index (χ1v) is 8.13. The van der Waals surface area contributed by atoms with Crippen LogP contribution >= 0.6 is 15.9 Å². The molecule has 0 fully saturated rings. The number of halogens is 1. The minimum atomic E-state index is -3.85. The number of nitriles is 1. The summed E-state index contributed by atoms with van der Waals surface area (Å²) in [5.74, 6) is -0.173. The van der Waals surface area contributed by atoms with Gasteiger partial charge in [0.05, 0.1) is 22.2 Å². The molecule has 0 aliphatic carbocycles. The van der Waals surface area contributed by atoms with Gasteiger partial charge in [-0.2, -0.15) is 5.26 Å². The zero-order valence-corrected chi connectivity index (χ0v) is 13.4. The van der Waals surface area contributed by atoms with Crippen molar-refractivity contribution in [2.45, 2.75) is 11.8 Å². The van der Waals surface area contributed by atoms with Crippen molar-refractivity contribution in [3.63, 3.8) is 0 Å². The van der Waals surface area contributed by atoms with Gasteiger partial charge in [0.15, 0.2) is 0 Å². The zero-order valence-electron chi connectivity index (χ0n) is 11.0. The van der Waals surface area contributed by atoms with Crippen LogP contribution in [0.2, 0.25) is 0 Å². The maximum atomic E-state index is 12.4. The van der Waals surface area contributed by atoms with Gasteiger partial charge in [-0.05, 0) is 48.9 Å². The van der Waals surface area contributed by atoms with E-state index < -0.39 is 10.0 Å². The van der Waals surface area contributed by atoms with Crippen molar-refractivity contribution in [3.8, 4) is 11.8 Å². The largest absolute Gasteiger partial charge is 0.506 e. The predicted molar refractivity (Wildman–Crippen MR) is 82.5 cm³/mol. The maximum Gasteiger partial charge on any atom is 0.262 e. The van der Waals surface area contributed by atoms with Gasteiger partial charge in [-0.15, -0.1) is 0 Å². The standard InChI is InChI=1S/C14H11BrN2O3S/c1-9-6-10(8-16)2-5-14(9)21(19,20)17-12-7-11(15)3-4-13(12)18/h2-7,17-18H,1H3. The van der Waals surface area contributed by atoms with Crippen molar-refractivity contribution in [1.29, 1.82) is 5.26 Å². The lowest BCUT2D eigenvalue weighted by Gasteiger charge is -2.12. The van der Waals surface area contributed by atoms with Gasteiger partial charge in [0.1, 0.15) is 5.75 Å². The first kappa shape index (κ1) is 15.4. The quantitative estimate of drug-likeness (QED) is 0.816. The van der Waals surface area contributed by atoms with Crippen molar-refractivity contribution in [1.82, 2.24) is 0 Å². The van der Waals surface area contributed by atoms with Gasteiger partial charge in [-0.25, -0.2) is 8.42 Å². The highest BCUT2D eigenvalue weighted by atomic mass is 79.9. The van der Waals surface area contributed by atoms with E-state index in [-0.39, 0.29) is 16.3 Å². The molecule has 0 radical (unpaired) electrons. The lowest BCUT2D eigenvalue weighted by atomic mass is 10.2. The van der Waals surface area contributed by atoms with Crippen molar-refractivity contribution in [2.75, 3.05) is 4.72 Å². The molecule has 0 bridgehead atoms. The molecule has 0 atom stereocenters. The summed E-state index contributed by atoms with van der Waals surface area (Å²) < 4.78 is 27.7. The Morgan fingerprint density at radius 3 is 2.57 bits per heavy atom. The van der Waals surface area contributed by atoms with E-state index in [2.05, 4.69) is 20.7 Å². The fraction of sp³-hybridized carbons (Fsp3) is 0.0714. The molecular weight excluding hydrogens is 356 g/mol. The highest BCUT2D eigenvalue weighted by molar-refractivity contribution is 9.10. The van der Waals surface area contributed by atoms with Gasteiger partial charge < -0.3 is 5.11 Å². The summed E-state index contributed by atoms with van der Waals surface area (Å²) in [5.41, 5.74) is 0.918. The number of rotatable bonds is 3. The predicted octanol–water partition coefficient (Wildman–Crippen LogP) is 3.14. The average Bonchev–Trinajstić information content (AvgIpc) is 2.42. The Balaban J connectivity index is 2.44. The number of benzene rings is 2. The second kappa shape index (κ2) is 5.76. The molecule has 21 heavy (non-hydrogen) atoms. The molecule has 108 valence electrons. The van der Waals surface area contributed by atoms with Crippen LogP contribution in [0.3, 0.4) is 0 Å². The Morgan fingerprint density at radius 2 is 1.95 bits per heavy atom. The van der Waals surface area contributed by atoms with Crippen LogP contribution in [0.25, 0.3) is 0 Å². The third-order valence-corrected chi connectivity index (χ3v) is 4.82. The Bertz CT molecular complexity index is 842. The Labute approximate surface area is 131 Å². The fourth-order valence-corrected chi connectivity index (χ4v) is 3.46. The van der Waals surface area contributed by atoms with Crippen molar-refractivity contribution in [2.24, 2.45) is 0 Å². The molecule has 0 saturated carbocycles. The van der Waals surface area contributed by atoms with Crippen LogP contribution in [-0.2, 0) is 10.0 Å². The monoisotopic (exact) mass is 366 g/mol. The summed E-state index contributed by atoms with van der Waals surface area (Å²) in [4.78, 5) is 0.0564. The van der Waals surface area contributed by atoms with Crippen molar-refractivity contribution < 1.29 is 13.5 Å². The summed E-state index contributed by atoms with van der Waals surface area (Å²) in [7, 11) is -3.85. The van der Waals surface area contributed by atoms with Crippen LogP contribution in [0.1, 0.15) is 11.1 Å². The molecule has 2 aromatic rings. The summed E-state index contributed by atoms with van der Waals surface area (Å²) in [6.45, 7) is 1.61. The summed E-state index contributed by atoms with van der Waals surface area (Å²) >= 11 is 3.21. The molecule has 0 saturated heterocycles. The molecule has 2 rings (SSSR count). The third-order valence-electron chi connectivity index (χ3n) is 2.80. The first-order valence-electron chi connectivity index (χ1n) is 5.85. The van der Waals surface area contributed by atoms with Gasteiger partial charge in [0, 0.05) is 4.47 Å². The number of hydrogen-bond acceptors (Lipinski definition) is 4. The molecule has 0 spiro atoms. The van der Waals surface area contributed by atoms with E-state index in [4.69, 9.17) is 5.26 Å². The average molecular weight is 367 g/mol. The van der Waals surface area contributed by atoms with E-state index in [1.165, 1.54) is 30.3 Å². The van der Waals surface area contributed by atoms with Gasteiger partial charge in [0.2, 0.25) is 0 Å². The Morgan fingerprint density at radius 1 is 1.24 bits per heavy atom. The van der Waals surface area contributed by atoms with Crippen LogP contribution < -0.4 is 4.72 Å². The normalized spacial score (nSPS) is 10.9. The second-order valence-corrected chi connectivity index (χ2v) is 6.93. The first-order chi connectivity index (χ1) is 9.83. The van der Waals surface area contributed by atoms with E-state index >= 15 is 0 Å². The Hall–Kier alpha value is -2.04. The highest BCUT2D eigenvalue weighted by Crippen LogP contribution is 2.29. The second-order valence-electron chi connectivity index (χ2n) is 4.36. The topological polar surface area (TPSA) is 90.2 Å². The molecule has 2 N–H and O–H groups in total. The zero-order chi connectivity index (χ0) is 15.6. The number of sulfonamides is 1. The molecule has 0 aromatic heterocycles. The molecule has 0 heterocycles. The lowest BCUT2D eigenvalue weighted by Crippen LogP contribution is -2.14. The van der Waals surface area contributed by atoms with Crippen molar-refractivity contribution >= 4 is 31.6 Å². The van der Waals surface area contributed by atoms with Gasteiger partial charge in [0.25, 0.3) is 10.0 Å². The number of phenolic OH excluding ortho intramolecular Hbond substituents is 1. The molecular formula is C14H11BrN2O3S. The van der Waals surface area contributed by atoms with E-state index in [0.717, 1.165) is 0 Å². The number of phenols is 1. The molecule has 7 heteroatoms. The van der Waals surface area contributed by atoms with Crippen LogP contribution in [0, 0.1) is 18.3 Å². The van der Waals surface area contributed by atoms with Gasteiger partial charge in [-0.1, -0.05) is 15.9 Å². The number of anilines is 1. The van der Waals surface area contributed by atoms with Gasteiger partial charge in [-0.3, -0.25) is 4.72 Å². The minimum Gasteiger partial charge on any atom is -0.506 e. The van der Waals surface area contributed by atoms with Crippen LogP contribution in [-0.4, -0.2) is 13.5 Å². The smallest absolute Gasteiger partial charge is 0.262 e. The number of aromatic hydroxyl groups is 1. The highest BCUT2D eigenvalue weighted by Gasteiger charge is 2.18. The third kappa shape index (κ3) is 3.35. The maximum absolute atomic E-state index is 12.4. The van der Waals surface area contributed by atoms with Gasteiger partial charge >= 0.3 is 0 Å². The summed E-state index contributed by atoms with van der Waals surface area (Å²) in [6, 6.07) is 10.7. The summed E-state index contributed by atoms with van der Waals surface area (Å²) in [6.07, 6.45) is 0. The van der Waals surface area contributed by atoms with E-state index in [1.54, 1.807) is 13.0 Å². The van der Waals surface area contributed by atoms with Crippen LogP contribution in [0.5, 0.6) is 5.75 Å². The number of nitrogens with zero attached hydrogens (tertiary/aromatic N) is 1. The summed E-state index contributed by atoms with van der Waals surface area (Å²) in [5, 5.41) is 18.5. The molecule has 0 aliphatic heterocycles. The molecule has 0 amide bonds. The fourth-order valence-electron chi connectivity index (χ4n) is 1.81. The molecule has 0 aliphatic rings. The van der Waals surface area contributed by atoms with E-state index in [0.29, 0.717) is 15.6 Å². The van der Waals surface area contributed by atoms with Crippen LogP contribution in [0.4, 0.5) is 5.69 Å². The molecule has 2 aromatic carbocycles. The SMILES string of the molecule is Cc1cc(C#N)ccc1S(=O)(=O)Nc1cc(Br)ccc1O.